The summed E-state index contributed by atoms with van der Waals surface area (Å²) in [6.07, 6.45) is 0.585. The molecule has 1 heterocycles. The van der Waals surface area contributed by atoms with Crippen LogP contribution < -0.4 is 0 Å². The Hall–Kier alpha value is -2.97. The number of nitrogens with zero attached hydrogens (tertiary/aromatic N) is 1. The molecular weight excluding hydrogens is 553 g/mol. The molecule has 4 nitrogen and oxygen atoms in total. The van der Waals surface area contributed by atoms with E-state index in [1.165, 1.54) is 24.3 Å². The SMILES string of the molecule is CC(F)(c1ccc2c(c1)CCC1N(C(=O)C34CCC(C(=O)O)(CC3)CC4)CCCC21Cc1cccc(F)c1)C(F)(F)F. The predicted octanol–water partition coefficient (Wildman–Crippen LogP) is 7.42. The van der Waals surface area contributed by atoms with Crippen LogP contribution in [0.5, 0.6) is 0 Å². The summed E-state index contributed by atoms with van der Waals surface area (Å²) in [5.41, 5.74) is -3.79. The molecule has 4 fully saturated rings. The lowest BCUT2D eigenvalue weighted by atomic mass is 9.52. The second-order valence-electron chi connectivity index (χ2n) is 13.4. The number of likely N-dealkylation sites (tertiary alicyclic amines) is 1. The second kappa shape index (κ2) is 9.78. The molecule has 1 saturated heterocycles. The van der Waals surface area contributed by atoms with Crippen molar-refractivity contribution in [2.45, 2.75) is 101 Å². The van der Waals surface area contributed by atoms with E-state index in [1.807, 2.05) is 11.0 Å². The summed E-state index contributed by atoms with van der Waals surface area (Å²) in [6.45, 7) is 1.08. The molecule has 5 aliphatic rings. The maximum atomic E-state index is 15.0. The fraction of sp³-hybridized carbons (Fsp3) is 0.576. The van der Waals surface area contributed by atoms with Crippen LogP contribution in [0.15, 0.2) is 42.5 Å². The Morgan fingerprint density at radius 1 is 0.952 bits per heavy atom. The van der Waals surface area contributed by atoms with Crippen LogP contribution >= 0.6 is 0 Å². The molecule has 7 rings (SSSR count). The van der Waals surface area contributed by atoms with E-state index in [4.69, 9.17) is 0 Å². The highest BCUT2D eigenvalue weighted by molar-refractivity contribution is 5.85. The minimum atomic E-state index is -5.07. The molecule has 2 aromatic carbocycles. The normalized spacial score (nSPS) is 32.0. The largest absolute Gasteiger partial charge is 0.481 e. The summed E-state index contributed by atoms with van der Waals surface area (Å²) in [6, 6.07) is 10.2. The number of carboxylic acids is 1. The summed E-state index contributed by atoms with van der Waals surface area (Å²) < 4.78 is 70.1. The number of hydrogen-bond acceptors (Lipinski definition) is 2. The van der Waals surface area contributed by atoms with E-state index in [-0.39, 0.29) is 17.8 Å². The molecule has 2 aromatic rings. The van der Waals surface area contributed by atoms with Crippen LogP contribution in [-0.4, -0.2) is 40.6 Å². The zero-order valence-corrected chi connectivity index (χ0v) is 23.7. The fourth-order valence-corrected chi connectivity index (χ4v) is 8.65. The maximum Gasteiger partial charge on any atom is 0.426 e. The molecule has 9 heteroatoms. The number of halogens is 5. The average molecular weight is 590 g/mol. The number of carboxylic acid groups (broad SMARTS) is 1. The number of hydrogen-bond donors (Lipinski definition) is 1. The Morgan fingerprint density at radius 3 is 2.24 bits per heavy atom. The van der Waals surface area contributed by atoms with E-state index in [0.29, 0.717) is 89.7 Å². The van der Waals surface area contributed by atoms with E-state index < -0.39 is 39.6 Å². The van der Waals surface area contributed by atoms with Crippen LogP contribution in [0.25, 0.3) is 0 Å². The van der Waals surface area contributed by atoms with Crippen LogP contribution in [0.3, 0.4) is 0 Å². The molecule has 4 aliphatic carbocycles. The van der Waals surface area contributed by atoms with Gasteiger partial charge in [-0.2, -0.15) is 13.2 Å². The Labute approximate surface area is 242 Å². The van der Waals surface area contributed by atoms with Gasteiger partial charge in [0.15, 0.2) is 0 Å². The van der Waals surface area contributed by atoms with Gasteiger partial charge in [-0.25, -0.2) is 8.78 Å². The average Bonchev–Trinajstić information content (AvgIpc) is 2.96. The highest BCUT2D eigenvalue weighted by Crippen LogP contribution is 2.59. The van der Waals surface area contributed by atoms with Crippen molar-refractivity contribution in [3.05, 3.63) is 70.5 Å². The molecule has 1 N–H and O–H groups in total. The van der Waals surface area contributed by atoms with Crippen molar-refractivity contribution in [1.82, 2.24) is 4.90 Å². The maximum absolute atomic E-state index is 15.0. The number of rotatable bonds is 5. The van der Waals surface area contributed by atoms with E-state index in [1.54, 1.807) is 12.1 Å². The third kappa shape index (κ3) is 4.36. The molecule has 3 saturated carbocycles. The first-order valence-corrected chi connectivity index (χ1v) is 14.9. The summed E-state index contributed by atoms with van der Waals surface area (Å²) in [4.78, 5) is 28.4. The Balaban J connectivity index is 1.40. The zero-order chi connectivity index (χ0) is 30.1. The van der Waals surface area contributed by atoms with Crippen LogP contribution in [0.1, 0.15) is 87.0 Å². The number of fused-ring (bicyclic) bond motifs is 6. The summed E-state index contributed by atoms with van der Waals surface area (Å²) >= 11 is 0. The quantitative estimate of drug-likeness (QED) is 0.370. The van der Waals surface area contributed by atoms with Crippen molar-refractivity contribution >= 4 is 11.9 Å². The van der Waals surface area contributed by atoms with E-state index in [9.17, 15) is 36.6 Å². The minimum absolute atomic E-state index is 0.0444. The van der Waals surface area contributed by atoms with Gasteiger partial charge in [0.2, 0.25) is 11.6 Å². The number of benzene rings is 2. The van der Waals surface area contributed by atoms with E-state index in [0.717, 1.165) is 11.1 Å². The number of aryl methyl sites for hydroxylation is 1. The number of aliphatic carboxylic acids is 1. The zero-order valence-electron chi connectivity index (χ0n) is 23.7. The summed E-state index contributed by atoms with van der Waals surface area (Å²) in [5.74, 6) is -1.13. The van der Waals surface area contributed by atoms with Crippen LogP contribution in [0, 0.1) is 16.6 Å². The van der Waals surface area contributed by atoms with Crippen molar-refractivity contribution < 1.29 is 36.6 Å². The van der Waals surface area contributed by atoms with Crippen LogP contribution in [0.2, 0.25) is 0 Å². The Morgan fingerprint density at radius 2 is 1.62 bits per heavy atom. The van der Waals surface area contributed by atoms with Crippen molar-refractivity contribution in [2.24, 2.45) is 10.8 Å². The summed E-state index contributed by atoms with van der Waals surface area (Å²) in [7, 11) is 0. The predicted molar refractivity (Wildman–Crippen MR) is 146 cm³/mol. The van der Waals surface area contributed by atoms with Crippen molar-refractivity contribution in [3.8, 4) is 0 Å². The van der Waals surface area contributed by atoms with Crippen molar-refractivity contribution in [3.63, 3.8) is 0 Å². The minimum Gasteiger partial charge on any atom is -0.481 e. The number of carbonyl (C=O) groups is 2. The summed E-state index contributed by atoms with van der Waals surface area (Å²) in [5, 5.41) is 9.83. The van der Waals surface area contributed by atoms with Gasteiger partial charge in [0.25, 0.3) is 0 Å². The first-order chi connectivity index (χ1) is 19.7. The van der Waals surface area contributed by atoms with Gasteiger partial charge in [-0.1, -0.05) is 30.3 Å². The number of amides is 1. The molecule has 3 atom stereocenters. The van der Waals surface area contributed by atoms with Gasteiger partial charge in [0.1, 0.15) is 5.82 Å². The molecule has 0 radical (unpaired) electrons. The molecule has 226 valence electrons. The molecule has 42 heavy (non-hydrogen) atoms. The van der Waals surface area contributed by atoms with Gasteiger partial charge >= 0.3 is 12.1 Å². The molecule has 2 bridgehead atoms. The lowest BCUT2D eigenvalue weighted by Gasteiger charge is -2.58. The number of piperidine rings is 1. The smallest absolute Gasteiger partial charge is 0.426 e. The van der Waals surface area contributed by atoms with Gasteiger partial charge in [0.05, 0.1) is 5.41 Å². The Bertz CT molecular complexity index is 1390. The van der Waals surface area contributed by atoms with Gasteiger partial charge in [-0.15, -0.1) is 0 Å². The van der Waals surface area contributed by atoms with Crippen molar-refractivity contribution in [2.75, 3.05) is 6.54 Å². The van der Waals surface area contributed by atoms with Gasteiger partial charge in [0, 0.05) is 23.4 Å². The molecule has 3 unspecified atom stereocenters. The Kier molecular flexibility index (Phi) is 6.78. The molecule has 1 amide bonds. The monoisotopic (exact) mass is 589 g/mol. The fourth-order valence-electron chi connectivity index (χ4n) is 8.65. The van der Waals surface area contributed by atoms with Crippen LogP contribution in [0.4, 0.5) is 22.0 Å². The lowest BCUT2D eigenvalue weighted by molar-refractivity contribution is -0.228. The van der Waals surface area contributed by atoms with Gasteiger partial charge < -0.3 is 10.0 Å². The van der Waals surface area contributed by atoms with E-state index in [2.05, 4.69) is 0 Å². The third-order valence-corrected chi connectivity index (χ3v) is 11.3. The van der Waals surface area contributed by atoms with Crippen LogP contribution in [-0.2, 0) is 33.5 Å². The topological polar surface area (TPSA) is 57.6 Å². The highest BCUT2D eigenvalue weighted by atomic mass is 19.4. The first-order valence-electron chi connectivity index (χ1n) is 14.9. The standard InChI is InChI=1S/C33H36F5NO3/c1-29(35,33(36,37)38)23-7-8-25-22(19-23)6-9-26-32(25,20-21-4-2-5-24(34)18-21)10-3-17-39(26)27(40)30-11-14-31(15-12-30,16-13-30)28(41)42/h2,4-5,7-8,18-19,26H,3,6,9-17,20H2,1H3,(H,41,42). The molecule has 0 aromatic heterocycles. The lowest BCUT2D eigenvalue weighted by Crippen LogP contribution is -2.63. The van der Waals surface area contributed by atoms with Gasteiger partial charge in [-0.05, 0) is 112 Å². The second-order valence-corrected chi connectivity index (χ2v) is 13.4. The van der Waals surface area contributed by atoms with Gasteiger partial charge in [-0.3, -0.25) is 9.59 Å². The van der Waals surface area contributed by atoms with E-state index >= 15 is 0 Å². The third-order valence-electron chi connectivity index (χ3n) is 11.3. The first kappa shape index (κ1) is 29.1. The molecular formula is C33H36F5NO3. The molecule has 1 aliphatic heterocycles. The highest BCUT2D eigenvalue weighted by Gasteiger charge is 2.59. The number of carbonyl (C=O) groups excluding carboxylic acids is 1. The number of alkyl halides is 4. The van der Waals surface area contributed by atoms with Crippen molar-refractivity contribution in [1.29, 1.82) is 0 Å². The molecule has 0 spiro atoms.